The summed E-state index contributed by atoms with van der Waals surface area (Å²) >= 11 is 0. The van der Waals surface area contributed by atoms with Gasteiger partial charge in [0.15, 0.2) is 0 Å². The number of rotatable bonds is 5. The molecule has 5 nitrogen and oxygen atoms in total. The molecular weight excluding hydrogens is 302 g/mol. The molecule has 0 saturated carbocycles. The average molecular weight is 319 g/mol. The summed E-state index contributed by atoms with van der Waals surface area (Å²) in [6.07, 6.45) is 3.29. The predicted molar refractivity (Wildman–Crippen MR) is 91.9 cm³/mol. The number of carbonyl (C=O) groups excluding carboxylic acids is 1. The molecule has 3 aromatic rings. The Morgan fingerprint density at radius 1 is 1.08 bits per heavy atom. The Kier molecular flexibility index (Phi) is 4.81. The molecule has 1 aromatic carbocycles. The van der Waals surface area contributed by atoms with E-state index in [1.807, 2.05) is 43.3 Å². The van der Waals surface area contributed by atoms with Crippen molar-refractivity contribution < 1.29 is 9.53 Å². The van der Waals surface area contributed by atoms with Crippen LogP contribution >= 0.6 is 0 Å². The number of hydrogen-bond acceptors (Lipinski definition) is 4. The van der Waals surface area contributed by atoms with Gasteiger partial charge in [-0.25, -0.2) is 0 Å². The van der Waals surface area contributed by atoms with E-state index < -0.39 is 0 Å². The van der Waals surface area contributed by atoms with Gasteiger partial charge in [0, 0.05) is 29.8 Å². The molecule has 1 amide bonds. The maximum absolute atomic E-state index is 12.2. The molecule has 24 heavy (non-hydrogen) atoms. The van der Waals surface area contributed by atoms with Crippen LogP contribution in [0.1, 0.15) is 21.7 Å². The fourth-order valence-electron chi connectivity index (χ4n) is 2.11. The number of carbonyl (C=O) groups is 1. The Labute approximate surface area is 140 Å². The first-order chi connectivity index (χ1) is 11.7. The Morgan fingerprint density at radius 2 is 2.00 bits per heavy atom. The topological polar surface area (TPSA) is 64.1 Å². The standard InChI is InChI=1S/C19H17N3O2/c1-14-8-9-15(12-21-14)19(23)22-16-6-4-7-18(11-16)24-13-17-5-2-3-10-20-17/h2-12H,13H2,1H3,(H,22,23). The third-order valence-corrected chi connectivity index (χ3v) is 3.38. The second-order valence-electron chi connectivity index (χ2n) is 5.28. The summed E-state index contributed by atoms with van der Waals surface area (Å²) in [5, 5.41) is 2.84. The van der Waals surface area contributed by atoms with Crippen molar-refractivity contribution in [3.63, 3.8) is 0 Å². The first kappa shape index (κ1) is 15.7. The van der Waals surface area contributed by atoms with Gasteiger partial charge in [0.25, 0.3) is 5.91 Å². The Balaban J connectivity index is 1.64. The molecule has 0 bridgehead atoms. The van der Waals surface area contributed by atoms with Gasteiger partial charge in [-0.15, -0.1) is 0 Å². The number of ether oxygens (including phenoxy) is 1. The lowest BCUT2D eigenvalue weighted by Gasteiger charge is -2.09. The summed E-state index contributed by atoms with van der Waals surface area (Å²) in [6.45, 7) is 2.25. The van der Waals surface area contributed by atoms with E-state index in [4.69, 9.17) is 4.74 Å². The van der Waals surface area contributed by atoms with Gasteiger partial charge in [-0.2, -0.15) is 0 Å². The van der Waals surface area contributed by atoms with E-state index >= 15 is 0 Å². The summed E-state index contributed by atoms with van der Waals surface area (Å²) in [6, 6.07) is 16.5. The van der Waals surface area contributed by atoms with Crippen LogP contribution in [0.15, 0.2) is 67.0 Å². The van der Waals surface area contributed by atoms with E-state index in [2.05, 4.69) is 15.3 Å². The molecule has 2 heterocycles. The fourth-order valence-corrected chi connectivity index (χ4v) is 2.11. The molecule has 0 atom stereocenters. The van der Waals surface area contributed by atoms with Crippen LogP contribution in [0.5, 0.6) is 5.75 Å². The smallest absolute Gasteiger partial charge is 0.257 e. The number of benzene rings is 1. The minimum Gasteiger partial charge on any atom is -0.487 e. The predicted octanol–water partition coefficient (Wildman–Crippen LogP) is 3.62. The van der Waals surface area contributed by atoms with Crippen molar-refractivity contribution in [3.8, 4) is 5.75 Å². The molecule has 0 aliphatic heterocycles. The van der Waals surface area contributed by atoms with E-state index in [0.29, 0.717) is 23.6 Å². The molecule has 120 valence electrons. The number of aryl methyl sites for hydroxylation is 1. The number of hydrogen-bond donors (Lipinski definition) is 1. The van der Waals surface area contributed by atoms with Gasteiger partial charge >= 0.3 is 0 Å². The van der Waals surface area contributed by atoms with E-state index in [0.717, 1.165) is 11.4 Å². The van der Waals surface area contributed by atoms with Gasteiger partial charge in [0.05, 0.1) is 11.3 Å². The van der Waals surface area contributed by atoms with Crippen molar-refractivity contribution in [2.24, 2.45) is 0 Å². The van der Waals surface area contributed by atoms with Crippen LogP contribution in [0.3, 0.4) is 0 Å². The third kappa shape index (κ3) is 4.16. The maximum Gasteiger partial charge on any atom is 0.257 e. The molecule has 0 aliphatic rings. The lowest BCUT2D eigenvalue weighted by Crippen LogP contribution is -2.12. The largest absolute Gasteiger partial charge is 0.487 e. The molecule has 0 unspecified atom stereocenters. The molecular formula is C19H17N3O2. The Morgan fingerprint density at radius 3 is 2.75 bits per heavy atom. The highest BCUT2D eigenvalue weighted by Crippen LogP contribution is 2.19. The van der Waals surface area contributed by atoms with Crippen LogP contribution in [-0.4, -0.2) is 15.9 Å². The van der Waals surface area contributed by atoms with E-state index in [-0.39, 0.29) is 5.91 Å². The molecule has 5 heteroatoms. The van der Waals surface area contributed by atoms with Crippen LogP contribution in [0.4, 0.5) is 5.69 Å². The zero-order valence-corrected chi connectivity index (χ0v) is 13.3. The van der Waals surface area contributed by atoms with Crippen LogP contribution < -0.4 is 10.1 Å². The van der Waals surface area contributed by atoms with Crippen molar-refractivity contribution in [2.75, 3.05) is 5.32 Å². The second-order valence-corrected chi connectivity index (χ2v) is 5.28. The van der Waals surface area contributed by atoms with Gasteiger partial charge in [0.2, 0.25) is 0 Å². The number of nitrogens with zero attached hydrogens (tertiary/aromatic N) is 2. The number of nitrogens with one attached hydrogen (secondary N) is 1. The van der Waals surface area contributed by atoms with E-state index in [9.17, 15) is 4.79 Å². The lowest BCUT2D eigenvalue weighted by molar-refractivity contribution is 0.102. The molecule has 2 aromatic heterocycles. The molecule has 0 fully saturated rings. The van der Waals surface area contributed by atoms with Crippen molar-refractivity contribution in [3.05, 3.63) is 83.9 Å². The Bertz CT molecular complexity index is 818. The molecule has 0 saturated heterocycles. The fraction of sp³-hybridized carbons (Fsp3) is 0.105. The second kappa shape index (κ2) is 7.37. The summed E-state index contributed by atoms with van der Waals surface area (Å²) in [4.78, 5) is 20.6. The van der Waals surface area contributed by atoms with Gasteiger partial charge < -0.3 is 10.1 Å². The SMILES string of the molecule is Cc1ccc(C(=O)Nc2cccc(OCc3ccccn3)c2)cn1. The minimum atomic E-state index is -0.204. The summed E-state index contributed by atoms with van der Waals surface area (Å²) in [5.74, 6) is 0.463. The zero-order valence-electron chi connectivity index (χ0n) is 13.3. The third-order valence-electron chi connectivity index (χ3n) is 3.38. The monoisotopic (exact) mass is 319 g/mol. The highest BCUT2D eigenvalue weighted by atomic mass is 16.5. The van der Waals surface area contributed by atoms with Crippen LogP contribution in [0, 0.1) is 6.92 Å². The summed E-state index contributed by atoms with van der Waals surface area (Å²) < 4.78 is 5.71. The van der Waals surface area contributed by atoms with Crippen molar-refractivity contribution >= 4 is 11.6 Å². The first-order valence-electron chi connectivity index (χ1n) is 7.57. The quantitative estimate of drug-likeness (QED) is 0.780. The van der Waals surface area contributed by atoms with Crippen molar-refractivity contribution in [1.82, 2.24) is 9.97 Å². The van der Waals surface area contributed by atoms with E-state index in [1.54, 1.807) is 30.6 Å². The number of amides is 1. The highest BCUT2D eigenvalue weighted by Gasteiger charge is 2.07. The molecule has 0 radical (unpaired) electrons. The molecule has 3 rings (SSSR count). The molecule has 1 N–H and O–H groups in total. The van der Waals surface area contributed by atoms with Gasteiger partial charge in [0.1, 0.15) is 12.4 Å². The zero-order chi connectivity index (χ0) is 16.8. The van der Waals surface area contributed by atoms with Gasteiger partial charge in [-0.05, 0) is 43.3 Å². The van der Waals surface area contributed by atoms with Crippen LogP contribution in [0.25, 0.3) is 0 Å². The number of anilines is 1. The van der Waals surface area contributed by atoms with Gasteiger partial charge in [-0.3, -0.25) is 14.8 Å². The lowest BCUT2D eigenvalue weighted by atomic mass is 10.2. The van der Waals surface area contributed by atoms with Crippen LogP contribution in [0.2, 0.25) is 0 Å². The normalized spacial score (nSPS) is 10.2. The summed E-state index contributed by atoms with van der Waals surface area (Å²) in [7, 11) is 0. The first-order valence-corrected chi connectivity index (χ1v) is 7.57. The van der Waals surface area contributed by atoms with Gasteiger partial charge in [-0.1, -0.05) is 12.1 Å². The number of aromatic nitrogens is 2. The van der Waals surface area contributed by atoms with E-state index in [1.165, 1.54) is 0 Å². The Hall–Kier alpha value is -3.21. The average Bonchev–Trinajstić information content (AvgIpc) is 2.62. The maximum atomic E-state index is 12.2. The number of pyridine rings is 2. The minimum absolute atomic E-state index is 0.204. The molecule has 0 spiro atoms. The van der Waals surface area contributed by atoms with Crippen molar-refractivity contribution in [2.45, 2.75) is 13.5 Å². The summed E-state index contributed by atoms with van der Waals surface area (Å²) in [5.41, 5.74) is 2.90. The van der Waals surface area contributed by atoms with Crippen molar-refractivity contribution in [1.29, 1.82) is 0 Å². The molecule has 0 aliphatic carbocycles. The van der Waals surface area contributed by atoms with Crippen LogP contribution in [-0.2, 0) is 6.61 Å². The highest BCUT2D eigenvalue weighted by molar-refractivity contribution is 6.04.